The lowest BCUT2D eigenvalue weighted by Crippen LogP contribution is -2.56. The molecule has 156 valence electrons. The second-order valence-electron chi connectivity index (χ2n) is 8.57. The van der Waals surface area contributed by atoms with E-state index in [0.717, 1.165) is 25.9 Å². The lowest BCUT2D eigenvalue weighted by molar-refractivity contribution is -0.145. The predicted molar refractivity (Wildman–Crippen MR) is 107 cm³/mol. The summed E-state index contributed by atoms with van der Waals surface area (Å²) in [6.07, 6.45) is 3.10. The van der Waals surface area contributed by atoms with Gasteiger partial charge in [-0.15, -0.1) is 0 Å². The van der Waals surface area contributed by atoms with Gasteiger partial charge in [0.05, 0.1) is 5.56 Å². The summed E-state index contributed by atoms with van der Waals surface area (Å²) in [6.45, 7) is 5.91. The monoisotopic (exact) mass is 399 g/mol. The minimum absolute atomic E-state index is 0.0140. The van der Waals surface area contributed by atoms with Crippen molar-refractivity contribution in [2.45, 2.75) is 57.7 Å². The Hall–Kier alpha value is -2.57. The summed E-state index contributed by atoms with van der Waals surface area (Å²) < 4.78 is 6.17. The predicted octanol–water partition coefficient (Wildman–Crippen LogP) is 2.16. The number of piperidine rings is 1. The first-order valence-corrected chi connectivity index (χ1v) is 10.6. The zero-order chi connectivity index (χ0) is 20.6. The van der Waals surface area contributed by atoms with E-state index in [1.807, 2.05) is 17.9 Å². The third kappa shape index (κ3) is 3.82. The minimum atomic E-state index is -0.904. The number of nitrogens with one attached hydrogen (secondary N) is 1. The molecule has 7 heteroatoms. The van der Waals surface area contributed by atoms with Gasteiger partial charge in [0.15, 0.2) is 5.72 Å². The fourth-order valence-corrected chi connectivity index (χ4v) is 4.52. The molecular weight excluding hydrogens is 370 g/mol. The maximum absolute atomic E-state index is 13.0. The molecule has 1 aromatic rings. The van der Waals surface area contributed by atoms with E-state index >= 15 is 0 Å². The summed E-state index contributed by atoms with van der Waals surface area (Å²) in [7, 11) is 0. The summed E-state index contributed by atoms with van der Waals surface area (Å²) in [4.78, 5) is 41.9. The van der Waals surface area contributed by atoms with E-state index in [0.29, 0.717) is 36.6 Å². The smallest absolute Gasteiger partial charge is 0.258 e. The second kappa shape index (κ2) is 7.69. The molecule has 3 aliphatic heterocycles. The van der Waals surface area contributed by atoms with Crippen molar-refractivity contribution in [1.29, 1.82) is 0 Å². The van der Waals surface area contributed by atoms with Gasteiger partial charge in [0.25, 0.3) is 5.91 Å². The topological polar surface area (TPSA) is 79.0 Å². The van der Waals surface area contributed by atoms with Crippen molar-refractivity contribution < 1.29 is 19.1 Å². The molecule has 29 heavy (non-hydrogen) atoms. The maximum atomic E-state index is 13.0. The summed E-state index contributed by atoms with van der Waals surface area (Å²) >= 11 is 0. The number of carbonyl (C=O) groups excluding carboxylic acids is 3. The molecule has 1 N–H and O–H groups in total. The fraction of sp³-hybridized carbons (Fsp3) is 0.591. The molecule has 7 nitrogen and oxygen atoms in total. The molecule has 0 bridgehead atoms. The van der Waals surface area contributed by atoms with Crippen molar-refractivity contribution in [3.05, 3.63) is 29.8 Å². The molecule has 2 atom stereocenters. The number of hydrogen-bond acceptors (Lipinski definition) is 4. The number of carbonyl (C=O) groups is 3. The molecule has 2 unspecified atom stereocenters. The zero-order valence-electron chi connectivity index (χ0n) is 17.1. The van der Waals surface area contributed by atoms with Crippen LogP contribution in [0.3, 0.4) is 0 Å². The molecule has 0 saturated carbocycles. The van der Waals surface area contributed by atoms with Crippen molar-refractivity contribution in [1.82, 2.24) is 15.1 Å². The van der Waals surface area contributed by atoms with E-state index in [2.05, 4.69) is 12.2 Å². The van der Waals surface area contributed by atoms with Gasteiger partial charge in [0, 0.05) is 38.9 Å². The highest BCUT2D eigenvalue weighted by Gasteiger charge is 2.44. The summed E-state index contributed by atoms with van der Waals surface area (Å²) in [6, 6.07) is 6.64. The van der Waals surface area contributed by atoms with E-state index in [1.165, 1.54) is 0 Å². The Morgan fingerprint density at radius 2 is 1.90 bits per heavy atom. The fourth-order valence-electron chi connectivity index (χ4n) is 4.52. The average Bonchev–Trinajstić information content (AvgIpc) is 2.87. The molecule has 3 aliphatic rings. The first-order valence-electron chi connectivity index (χ1n) is 10.6. The summed E-state index contributed by atoms with van der Waals surface area (Å²) in [5.41, 5.74) is -0.396. The largest absolute Gasteiger partial charge is 0.467 e. The number of amides is 3. The molecule has 2 saturated heterocycles. The van der Waals surface area contributed by atoms with Crippen molar-refractivity contribution in [2.75, 3.05) is 19.6 Å². The maximum Gasteiger partial charge on any atom is 0.258 e. The van der Waals surface area contributed by atoms with Gasteiger partial charge in [0.1, 0.15) is 11.8 Å². The van der Waals surface area contributed by atoms with Crippen LogP contribution in [0.5, 0.6) is 5.75 Å². The highest BCUT2D eigenvalue weighted by atomic mass is 16.5. The van der Waals surface area contributed by atoms with Gasteiger partial charge < -0.3 is 19.9 Å². The summed E-state index contributed by atoms with van der Waals surface area (Å²) in [5.74, 6) is 0.956. The second-order valence-corrected chi connectivity index (χ2v) is 8.57. The molecule has 2 fully saturated rings. The lowest BCUT2D eigenvalue weighted by Gasteiger charge is -2.39. The Kier molecular flexibility index (Phi) is 5.23. The van der Waals surface area contributed by atoms with Crippen molar-refractivity contribution >= 4 is 17.7 Å². The average molecular weight is 399 g/mol. The SMILES string of the molecule is CC1CCN(C(=O)C(C)N2CCC3(CCC2=O)NC(=O)c2ccccc2O3)CC1. The molecule has 0 radical (unpaired) electrons. The zero-order valence-corrected chi connectivity index (χ0v) is 17.1. The van der Waals surface area contributed by atoms with E-state index < -0.39 is 11.8 Å². The van der Waals surface area contributed by atoms with Crippen molar-refractivity contribution in [3.8, 4) is 5.75 Å². The Morgan fingerprint density at radius 1 is 1.17 bits per heavy atom. The summed E-state index contributed by atoms with van der Waals surface area (Å²) in [5, 5.41) is 2.97. The number of nitrogens with zero attached hydrogens (tertiary/aromatic N) is 2. The number of benzene rings is 1. The molecule has 3 heterocycles. The molecule has 1 spiro atoms. The van der Waals surface area contributed by atoms with Crippen LogP contribution in [0.1, 0.15) is 56.3 Å². The molecule has 0 aliphatic carbocycles. The van der Waals surface area contributed by atoms with Gasteiger partial charge in [-0.05, 0) is 37.8 Å². The van der Waals surface area contributed by atoms with Gasteiger partial charge in [-0.1, -0.05) is 19.1 Å². The van der Waals surface area contributed by atoms with Crippen molar-refractivity contribution in [2.24, 2.45) is 5.92 Å². The van der Waals surface area contributed by atoms with E-state index in [9.17, 15) is 14.4 Å². The van der Waals surface area contributed by atoms with Gasteiger partial charge in [-0.2, -0.15) is 0 Å². The number of ether oxygens (including phenoxy) is 1. The minimum Gasteiger partial charge on any atom is -0.467 e. The number of fused-ring (bicyclic) bond motifs is 1. The first kappa shape index (κ1) is 19.7. The van der Waals surface area contributed by atoms with Crippen LogP contribution in [-0.2, 0) is 9.59 Å². The molecule has 0 aromatic heterocycles. The molecule has 3 amide bonds. The van der Waals surface area contributed by atoms with Crippen LogP contribution in [0, 0.1) is 5.92 Å². The normalized spacial score (nSPS) is 26.4. The van der Waals surface area contributed by atoms with Gasteiger partial charge in [-0.3, -0.25) is 14.4 Å². The number of para-hydroxylation sites is 1. The van der Waals surface area contributed by atoms with Crippen LogP contribution >= 0.6 is 0 Å². The van der Waals surface area contributed by atoms with Crippen LogP contribution in [-0.4, -0.2) is 58.9 Å². The standard InChI is InChI=1S/C22H29N3O4/c1-15-8-12-24(13-9-15)21(28)16(2)25-14-11-22(10-7-19(25)26)23-20(27)17-5-3-4-6-18(17)29-22/h3-6,15-16H,7-14H2,1-2H3,(H,23,27). The Bertz CT molecular complexity index is 818. The molecule has 1 aromatic carbocycles. The Morgan fingerprint density at radius 3 is 2.66 bits per heavy atom. The van der Waals surface area contributed by atoms with Crippen LogP contribution in [0.25, 0.3) is 0 Å². The highest BCUT2D eigenvalue weighted by Crippen LogP contribution is 2.34. The van der Waals surface area contributed by atoms with Gasteiger partial charge in [0.2, 0.25) is 11.8 Å². The van der Waals surface area contributed by atoms with E-state index in [-0.39, 0.29) is 24.1 Å². The molecular formula is C22H29N3O4. The lowest BCUT2D eigenvalue weighted by atomic mass is 9.98. The number of likely N-dealkylation sites (tertiary alicyclic amines) is 2. The van der Waals surface area contributed by atoms with Gasteiger partial charge >= 0.3 is 0 Å². The van der Waals surface area contributed by atoms with E-state index in [4.69, 9.17) is 4.74 Å². The first-order chi connectivity index (χ1) is 13.9. The number of rotatable bonds is 2. The highest BCUT2D eigenvalue weighted by molar-refractivity contribution is 5.98. The Balaban J connectivity index is 1.47. The third-order valence-electron chi connectivity index (χ3n) is 6.52. The van der Waals surface area contributed by atoms with E-state index in [1.54, 1.807) is 23.1 Å². The third-order valence-corrected chi connectivity index (χ3v) is 6.52. The van der Waals surface area contributed by atoms with Crippen LogP contribution in [0.2, 0.25) is 0 Å². The van der Waals surface area contributed by atoms with Crippen LogP contribution in [0.4, 0.5) is 0 Å². The van der Waals surface area contributed by atoms with Crippen LogP contribution in [0.15, 0.2) is 24.3 Å². The van der Waals surface area contributed by atoms with Crippen LogP contribution < -0.4 is 10.1 Å². The van der Waals surface area contributed by atoms with Crippen molar-refractivity contribution in [3.63, 3.8) is 0 Å². The quantitative estimate of drug-likeness (QED) is 0.827. The van der Waals surface area contributed by atoms with Gasteiger partial charge in [-0.25, -0.2) is 0 Å². The number of hydrogen-bond donors (Lipinski definition) is 1. The molecule has 4 rings (SSSR count). The Labute approximate surface area is 171 Å².